The van der Waals surface area contributed by atoms with Gasteiger partial charge in [-0.2, -0.15) is 0 Å². The van der Waals surface area contributed by atoms with E-state index in [2.05, 4.69) is 10.1 Å². The van der Waals surface area contributed by atoms with Crippen molar-refractivity contribution in [3.05, 3.63) is 27.7 Å². The van der Waals surface area contributed by atoms with E-state index in [-0.39, 0.29) is 33.8 Å². The van der Waals surface area contributed by atoms with Crippen LogP contribution >= 0.6 is 23.2 Å². The highest BCUT2D eigenvalue weighted by Crippen LogP contribution is 2.33. The Labute approximate surface area is 133 Å². The first kappa shape index (κ1) is 17.6. The summed E-state index contributed by atoms with van der Waals surface area (Å²) in [5.41, 5.74) is 0.148. The van der Waals surface area contributed by atoms with Gasteiger partial charge in [-0.15, -0.1) is 0 Å². The van der Waals surface area contributed by atoms with Crippen molar-refractivity contribution >= 4 is 35.1 Å². The molecular formula is C14H17Cl2NO4. The molecule has 0 saturated heterocycles. The molecule has 0 saturated carbocycles. The number of halogens is 2. The van der Waals surface area contributed by atoms with E-state index in [9.17, 15) is 9.59 Å². The van der Waals surface area contributed by atoms with Gasteiger partial charge < -0.3 is 14.8 Å². The van der Waals surface area contributed by atoms with Gasteiger partial charge in [0.25, 0.3) is 5.91 Å². The average molecular weight is 334 g/mol. The predicted octanol–water partition coefficient (Wildman–Crippen LogP) is 3.07. The fourth-order valence-corrected chi connectivity index (χ4v) is 2.25. The van der Waals surface area contributed by atoms with Crippen LogP contribution in [-0.4, -0.2) is 32.1 Å². The van der Waals surface area contributed by atoms with Crippen LogP contribution in [0.25, 0.3) is 0 Å². The highest BCUT2D eigenvalue weighted by molar-refractivity contribution is 6.37. The second-order valence-electron chi connectivity index (χ2n) is 4.30. The first-order valence-electron chi connectivity index (χ1n) is 6.34. The molecule has 1 rings (SSSR count). The Bertz CT molecular complexity index is 534. The number of hydrogen-bond acceptors (Lipinski definition) is 4. The monoisotopic (exact) mass is 333 g/mol. The topological polar surface area (TPSA) is 64.6 Å². The number of carbonyl (C=O) groups excluding carboxylic acids is 2. The molecule has 0 radical (unpaired) electrons. The van der Waals surface area contributed by atoms with Crippen molar-refractivity contribution in [1.82, 2.24) is 5.32 Å². The van der Waals surface area contributed by atoms with E-state index in [1.54, 1.807) is 6.07 Å². The van der Waals surface area contributed by atoms with E-state index in [4.69, 9.17) is 27.9 Å². The summed E-state index contributed by atoms with van der Waals surface area (Å²) in [5.74, 6) is -0.643. The zero-order valence-electron chi connectivity index (χ0n) is 12.0. The second kappa shape index (κ2) is 8.10. The fourth-order valence-electron chi connectivity index (χ4n) is 1.78. The van der Waals surface area contributed by atoms with Crippen LogP contribution in [0.4, 0.5) is 0 Å². The van der Waals surface area contributed by atoms with Gasteiger partial charge in [0, 0.05) is 6.04 Å². The lowest BCUT2D eigenvalue weighted by atomic mass is 10.1. The molecule has 0 aliphatic heterocycles. The number of hydrogen-bond donors (Lipinski definition) is 1. The van der Waals surface area contributed by atoms with Crippen LogP contribution in [0.15, 0.2) is 12.1 Å². The Kier molecular flexibility index (Phi) is 6.78. The summed E-state index contributed by atoms with van der Waals surface area (Å²) in [6.07, 6.45) is 0.653. The normalized spacial score (nSPS) is 11.7. The van der Waals surface area contributed by atoms with Crippen molar-refractivity contribution in [1.29, 1.82) is 0 Å². The van der Waals surface area contributed by atoms with E-state index in [1.165, 1.54) is 20.3 Å². The van der Waals surface area contributed by atoms with Crippen LogP contribution in [0, 0.1) is 0 Å². The molecule has 1 aromatic rings. The number of amides is 1. The summed E-state index contributed by atoms with van der Waals surface area (Å²) in [4.78, 5) is 23.6. The molecule has 0 spiro atoms. The maximum atomic E-state index is 12.4. The molecule has 0 bridgehead atoms. The van der Waals surface area contributed by atoms with Gasteiger partial charge in [0.05, 0.1) is 30.7 Å². The summed E-state index contributed by atoms with van der Waals surface area (Å²) in [5, 5.41) is 3.24. The summed E-state index contributed by atoms with van der Waals surface area (Å²) < 4.78 is 9.72. The summed E-state index contributed by atoms with van der Waals surface area (Å²) in [6, 6.07) is 2.71. The predicted molar refractivity (Wildman–Crippen MR) is 81.2 cm³/mol. The molecular weight excluding hydrogens is 317 g/mol. The molecule has 0 heterocycles. The minimum absolute atomic E-state index is 0.0826. The first-order valence-corrected chi connectivity index (χ1v) is 7.09. The zero-order valence-corrected chi connectivity index (χ0v) is 13.5. The van der Waals surface area contributed by atoms with Gasteiger partial charge in [-0.1, -0.05) is 30.1 Å². The van der Waals surface area contributed by atoms with E-state index in [0.717, 1.165) is 0 Å². The van der Waals surface area contributed by atoms with E-state index in [1.807, 2.05) is 6.92 Å². The third-order valence-corrected chi connectivity index (χ3v) is 3.57. The molecule has 116 valence electrons. The van der Waals surface area contributed by atoms with Gasteiger partial charge in [-0.25, -0.2) is 0 Å². The molecule has 21 heavy (non-hydrogen) atoms. The molecule has 7 heteroatoms. The first-order chi connectivity index (χ1) is 9.94. The van der Waals surface area contributed by atoms with Crippen LogP contribution < -0.4 is 10.1 Å². The maximum Gasteiger partial charge on any atom is 0.307 e. The lowest BCUT2D eigenvalue weighted by molar-refractivity contribution is -0.141. The third kappa shape index (κ3) is 4.51. The van der Waals surface area contributed by atoms with E-state index < -0.39 is 11.9 Å². The van der Waals surface area contributed by atoms with E-state index in [0.29, 0.717) is 6.42 Å². The lowest BCUT2D eigenvalue weighted by Crippen LogP contribution is -2.36. The van der Waals surface area contributed by atoms with Crippen LogP contribution in [0.5, 0.6) is 5.75 Å². The van der Waals surface area contributed by atoms with Crippen molar-refractivity contribution in [2.75, 3.05) is 14.2 Å². The molecule has 1 aromatic carbocycles. The number of methoxy groups -OCH3 is 2. The van der Waals surface area contributed by atoms with Crippen molar-refractivity contribution in [3.8, 4) is 5.75 Å². The lowest BCUT2D eigenvalue weighted by Gasteiger charge is -2.18. The maximum absolute atomic E-state index is 12.4. The largest absolute Gasteiger partial charge is 0.494 e. The van der Waals surface area contributed by atoms with E-state index >= 15 is 0 Å². The molecule has 1 unspecified atom stereocenters. The van der Waals surface area contributed by atoms with Crippen LogP contribution in [0.3, 0.4) is 0 Å². The van der Waals surface area contributed by atoms with Gasteiger partial charge in [0.2, 0.25) is 0 Å². The van der Waals surface area contributed by atoms with Crippen LogP contribution in [0.1, 0.15) is 30.1 Å². The summed E-state index contributed by atoms with van der Waals surface area (Å²) in [6.45, 7) is 1.85. The minimum Gasteiger partial charge on any atom is -0.494 e. The molecule has 1 atom stereocenters. The number of esters is 1. The van der Waals surface area contributed by atoms with Crippen molar-refractivity contribution < 1.29 is 19.1 Å². The molecule has 0 aromatic heterocycles. The van der Waals surface area contributed by atoms with Gasteiger partial charge in [-0.05, 0) is 18.6 Å². The van der Waals surface area contributed by atoms with Crippen LogP contribution in [0.2, 0.25) is 10.0 Å². The van der Waals surface area contributed by atoms with Crippen molar-refractivity contribution in [2.45, 2.75) is 25.8 Å². The third-order valence-electron chi connectivity index (χ3n) is 2.96. The van der Waals surface area contributed by atoms with Crippen LogP contribution in [-0.2, 0) is 9.53 Å². The second-order valence-corrected chi connectivity index (χ2v) is 5.11. The Balaban J connectivity index is 2.98. The molecule has 0 aliphatic rings. The number of carbonyl (C=O) groups is 2. The molecule has 0 fully saturated rings. The van der Waals surface area contributed by atoms with Gasteiger partial charge in [0.1, 0.15) is 5.56 Å². The molecule has 1 N–H and O–H groups in total. The number of ether oxygens (including phenoxy) is 2. The standard InChI is InChI=1S/C14H17Cl2NO4/c1-4-8(7-11(18)20-2)17-14(19)12-9(15)5-6-10(16)13(12)21-3/h5-6,8H,4,7H2,1-3H3,(H,17,19). The summed E-state index contributed by atoms with van der Waals surface area (Å²) in [7, 11) is 2.70. The Morgan fingerprint density at radius 3 is 2.38 bits per heavy atom. The fraction of sp³-hybridized carbons (Fsp3) is 0.429. The molecule has 0 aliphatic carbocycles. The molecule has 5 nitrogen and oxygen atoms in total. The Morgan fingerprint density at radius 2 is 1.86 bits per heavy atom. The van der Waals surface area contributed by atoms with Gasteiger partial charge in [-0.3, -0.25) is 9.59 Å². The van der Waals surface area contributed by atoms with Gasteiger partial charge >= 0.3 is 5.97 Å². The zero-order chi connectivity index (χ0) is 16.0. The highest BCUT2D eigenvalue weighted by Gasteiger charge is 2.22. The minimum atomic E-state index is -0.449. The van der Waals surface area contributed by atoms with Crippen molar-refractivity contribution in [2.24, 2.45) is 0 Å². The number of benzene rings is 1. The average Bonchev–Trinajstić information content (AvgIpc) is 2.47. The van der Waals surface area contributed by atoms with Gasteiger partial charge in [0.15, 0.2) is 5.75 Å². The Morgan fingerprint density at radius 1 is 1.24 bits per heavy atom. The highest BCUT2D eigenvalue weighted by atomic mass is 35.5. The molecule has 1 amide bonds. The summed E-state index contributed by atoms with van der Waals surface area (Å²) >= 11 is 12.0. The van der Waals surface area contributed by atoms with Crippen molar-refractivity contribution in [3.63, 3.8) is 0 Å². The quantitative estimate of drug-likeness (QED) is 0.812. The smallest absolute Gasteiger partial charge is 0.307 e. The number of rotatable bonds is 6. The SMILES string of the molecule is CCC(CC(=O)OC)NC(=O)c1c(Cl)ccc(Cl)c1OC. The number of nitrogens with one attached hydrogen (secondary N) is 1. The Hall–Kier alpha value is -1.46.